The maximum atomic E-state index is 12.8. The molecule has 0 fully saturated rings. The smallest absolute Gasteiger partial charge is 0.398 e. The van der Waals surface area contributed by atoms with Crippen LogP contribution in [0.3, 0.4) is 0 Å². The number of carbonyl (C=O) groups excluding carboxylic acids is 1. The van der Waals surface area contributed by atoms with Crippen molar-refractivity contribution in [3.05, 3.63) is 64.7 Å². The van der Waals surface area contributed by atoms with Gasteiger partial charge in [-0.15, -0.1) is 0 Å². The number of halogens is 3. The van der Waals surface area contributed by atoms with Crippen LogP contribution in [0, 0.1) is 6.92 Å². The van der Waals surface area contributed by atoms with Gasteiger partial charge in [0.1, 0.15) is 0 Å². The third-order valence-electron chi connectivity index (χ3n) is 2.94. The molecule has 0 atom stereocenters. The van der Waals surface area contributed by atoms with Gasteiger partial charge in [0.25, 0.3) is 0 Å². The normalized spacial score (nSPS) is 11.4. The Bertz CT molecular complexity index is 662. The summed E-state index contributed by atoms with van der Waals surface area (Å²) >= 11 is 0. The van der Waals surface area contributed by atoms with Gasteiger partial charge >= 0.3 is 6.18 Å². The predicted molar refractivity (Wildman–Crippen MR) is 70.5 cm³/mol. The number of nitrogens with two attached hydrogens (primary N) is 1. The summed E-state index contributed by atoms with van der Waals surface area (Å²) in [5, 5.41) is 0. The van der Waals surface area contributed by atoms with Crippen LogP contribution in [0.15, 0.2) is 42.5 Å². The van der Waals surface area contributed by atoms with Gasteiger partial charge in [0, 0.05) is 11.1 Å². The quantitative estimate of drug-likeness (QED) is 0.670. The average molecular weight is 279 g/mol. The van der Waals surface area contributed by atoms with Gasteiger partial charge in [-0.3, -0.25) is 4.79 Å². The Morgan fingerprint density at radius 3 is 2.35 bits per heavy atom. The first-order chi connectivity index (χ1) is 9.30. The van der Waals surface area contributed by atoms with Gasteiger partial charge in [-0.05, 0) is 25.1 Å². The Morgan fingerprint density at radius 1 is 1.10 bits per heavy atom. The number of anilines is 1. The number of hydrogen-bond acceptors (Lipinski definition) is 2. The number of hydrogen-bond donors (Lipinski definition) is 1. The van der Waals surface area contributed by atoms with Crippen LogP contribution in [0.1, 0.15) is 27.0 Å². The molecule has 0 aliphatic rings. The Morgan fingerprint density at radius 2 is 1.75 bits per heavy atom. The summed E-state index contributed by atoms with van der Waals surface area (Å²) in [5.74, 6) is -0.516. The second-order valence-electron chi connectivity index (χ2n) is 4.46. The zero-order chi connectivity index (χ0) is 14.9. The monoisotopic (exact) mass is 279 g/mol. The molecule has 104 valence electrons. The minimum Gasteiger partial charge on any atom is -0.398 e. The highest BCUT2D eigenvalue weighted by molar-refractivity contribution is 6.12. The molecule has 2 aromatic carbocycles. The molecule has 2 N–H and O–H groups in total. The van der Waals surface area contributed by atoms with E-state index in [0.29, 0.717) is 5.56 Å². The number of carbonyl (C=O) groups is 1. The maximum absolute atomic E-state index is 12.8. The zero-order valence-corrected chi connectivity index (χ0v) is 10.7. The van der Waals surface area contributed by atoms with Crippen LogP contribution in [-0.4, -0.2) is 5.78 Å². The number of aryl methyl sites for hydroxylation is 1. The topological polar surface area (TPSA) is 43.1 Å². The lowest BCUT2D eigenvalue weighted by Crippen LogP contribution is -2.13. The van der Waals surface area contributed by atoms with Crippen molar-refractivity contribution in [3.8, 4) is 0 Å². The molecule has 0 saturated carbocycles. The van der Waals surface area contributed by atoms with Crippen molar-refractivity contribution in [1.82, 2.24) is 0 Å². The van der Waals surface area contributed by atoms with E-state index in [1.54, 1.807) is 31.2 Å². The number of nitrogen functional groups attached to an aromatic ring is 1. The second kappa shape index (κ2) is 5.00. The van der Waals surface area contributed by atoms with E-state index in [2.05, 4.69) is 0 Å². The molecule has 0 radical (unpaired) electrons. The zero-order valence-electron chi connectivity index (χ0n) is 10.7. The van der Waals surface area contributed by atoms with Gasteiger partial charge < -0.3 is 5.73 Å². The van der Waals surface area contributed by atoms with Gasteiger partial charge in [-0.1, -0.05) is 29.8 Å². The predicted octanol–water partition coefficient (Wildman–Crippen LogP) is 3.83. The first-order valence-electron chi connectivity index (χ1n) is 5.88. The first kappa shape index (κ1) is 14.1. The van der Waals surface area contributed by atoms with Gasteiger partial charge in [0.05, 0.1) is 11.3 Å². The molecule has 20 heavy (non-hydrogen) atoms. The summed E-state index contributed by atoms with van der Waals surface area (Å²) in [4.78, 5) is 12.3. The Kier molecular flexibility index (Phi) is 3.53. The summed E-state index contributed by atoms with van der Waals surface area (Å²) in [6, 6.07) is 9.98. The molecule has 5 heteroatoms. The van der Waals surface area contributed by atoms with Crippen LogP contribution in [-0.2, 0) is 6.18 Å². The number of para-hydroxylation sites is 1. The van der Waals surface area contributed by atoms with Crippen LogP contribution >= 0.6 is 0 Å². The van der Waals surface area contributed by atoms with Crippen molar-refractivity contribution in [2.75, 3.05) is 5.73 Å². The molecule has 2 aromatic rings. The Labute approximate surface area is 114 Å². The molecule has 0 heterocycles. The molecule has 0 amide bonds. The summed E-state index contributed by atoms with van der Waals surface area (Å²) < 4.78 is 38.3. The van der Waals surface area contributed by atoms with E-state index in [1.807, 2.05) is 0 Å². The number of ketones is 1. The molecule has 0 bridgehead atoms. The standard InChI is InChI=1S/C15H12F3NO/c1-9-4-2-5-10(8-9)14(20)11-6-3-7-12(13(11)19)15(16,17)18/h2-8H,19H2,1H3. The molecule has 0 aromatic heterocycles. The maximum Gasteiger partial charge on any atom is 0.418 e. The van der Waals surface area contributed by atoms with Crippen molar-refractivity contribution in [2.45, 2.75) is 13.1 Å². The molecule has 0 spiro atoms. The van der Waals surface area contributed by atoms with Gasteiger partial charge in [0.2, 0.25) is 0 Å². The summed E-state index contributed by atoms with van der Waals surface area (Å²) in [5.41, 5.74) is 5.01. The highest BCUT2D eigenvalue weighted by atomic mass is 19.4. The van der Waals surface area contributed by atoms with E-state index in [1.165, 1.54) is 12.1 Å². The molecular formula is C15H12F3NO. The molecule has 2 rings (SSSR count). The lowest BCUT2D eigenvalue weighted by Gasteiger charge is -2.13. The van der Waals surface area contributed by atoms with Gasteiger partial charge in [-0.2, -0.15) is 13.2 Å². The van der Waals surface area contributed by atoms with Crippen LogP contribution in [0.25, 0.3) is 0 Å². The van der Waals surface area contributed by atoms with E-state index in [-0.39, 0.29) is 5.56 Å². The van der Waals surface area contributed by atoms with Crippen LogP contribution in [0.5, 0.6) is 0 Å². The van der Waals surface area contributed by atoms with Crippen molar-refractivity contribution < 1.29 is 18.0 Å². The van der Waals surface area contributed by atoms with E-state index in [0.717, 1.165) is 11.6 Å². The lowest BCUT2D eigenvalue weighted by atomic mass is 9.98. The summed E-state index contributed by atoms with van der Waals surface area (Å²) in [6.07, 6.45) is -4.58. The van der Waals surface area contributed by atoms with E-state index in [9.17, 15) is 18.0 Å². The fraction of sp³-hybridized carbons (Fsp3) is 0.133. The fourth-order valence-corrected chi connectivity index (χ4v) is 1.95. The Balaban J connectivity index is 2.51. The van der Waals surface area contributed by atoms with Gasteiger partial charge in [0.15, 0.2) is 5.78 Å². The summed E-state index contributed by atoms with van der Waals surface area (Å²) in [7, 11) is 0. The second-order valence-corrected chi connectivity index (χ2v) is 4.46. The lowest BCUT2D eigenvalue weighted by molar-refractivity contribution is -0.136. The average Bonchev–Trinajstić information content (AvgIpc) is 2.37. The first-order valence-corrected chi connectivity index (χ1v) is 5.88. The number of alkyl halides is 3. The van der Waals surface area contributed by atoms with Crippen LogP contribution < -0.4 is 5.73 Å². The van der Waals surface area contributed by atoms with E-state index in [4.69, 9.17) is 5.73 Å². The SMILES string of the molecule is Cc1cccc(C(=O)c2cccc(C(F)(F)F)c2N)c1. The highest BCUT2D eigenvalue weighted by Crippen LogP contribution is 2.35. The third-order valence-corrected chi connectivity index (χ3v) is 2.94. The molecule has 0 aliphatic heterocycles. The minimum atomic E-state index is -4.58. The van der Waals surface area contributed by atoms with Crippen molar-refractivity contribution in [3.63, 3.8) is 0 Å². The number of benzene rings is 2. The highest BCUT2D eigenvalue weighted by Gasteiger charge is 2.34. The number of rotatable bonds is 2. The molecule has 0 saturated heterocycles. The van der Waals surface area contributed by atoms with E-state index >= 15 is 0 Å². The van der Waals surface area contributed by atoms with Crippen LogP contribution in [0.2, 0.25) is 0 Å². The largest absolute Gasteiger partial charge is 0.418 e. The molecule has 0 unspecified atom stereocenters. The molecule has 2 nitrogen and oxygen atoms in total. The Hall–Kier alpha value is -2.30. The van der Waals surface area contributed by atoms with Crippen molar-refractivity contribution in [2.24, 2.45) is 0 Å². The van der Waals surface area contributed by atoms with Crippen molar-refractivity contribution >= 4 is 11.5 Å². The summed E-state index contributed by atoms with van der Waals surface area (Å²) in [6.45, 7) is 1.80. The minimum absolute atomic E-state index is 0.134. The van der Waals surface area contributed by atoms with Crippen LogP contribution in [0.4, 0.5) is 18.9 Å². The van der Waals surface area contributed by atoms with E-state index < -0.39 is 23.2 Å². The molecular weight excluding hydrogens is 267 g/mol. The third kappa shape index (κ3) is 2.66. The molecule has 0 aliphatic carbocycles. The van der Waals surface area contributed by atoms with Gasteiger partial charge in [-0.25, -0.2) is 0 Å². The fourth-order valence-electron chi connectivity index (χ4n) is 1.95. The van der Waals surface area contributed by atoms with Crippen molar-refractivity contribution in [1.29, 1.82) is 0 Å².